The highest BCUT2D eigenvalue weighted by Gasteiger charge is 2.28. The molecule has 0 radical (unpaired) electrons. The molecule has 1 N–H and O–H groups in total. The van der Waals surface area contributed by atoms with Gasteiger partial charge in [0.05, 0.1) is 16.8 Å². The molecule has 17 heavy (non-hydrogen) atoms. The molecule has 1 unspecified atom stereocenters. The van der Waals surface area contributed by atoms with Crippen molar-refractivity contribution in [1.29, 1.82) is 0 Å². The summed E-state index contributed by atoms with van der Waals surface area (Å²) in [5.41, 5.74) is 1.25. The lowest BCUT2D eigenvalue weighted by Gasteiger charge is -2.21. The van der Waals surface area contributed by atoms with Gasteiger partial charge in [-0.1, -0.05) is 11.3 Å². The van der Waals surface area contributed by atoms with Gasteiger partial charge in [-0.15, -0.1) is 0 Å². The number of rotatable bonds is 1. The van der Waals surface area contributed by atoms with Crippen molar-refractivity contribution in [1.82, 2.24) is 19.9 Å². The maximum Gasteiger partial charge on any atom is 0.212 e. The first-order chi connectivity index (χ1) is 8.43. The predicted octanol–water partition coefficient (Wildman–Crippen LogP) is 1.62. The second-order valence-electron chi connectivity index (χ2n) is 4.02. The molecule has 0 amide bonds. The van der Waals surface area contributed by atoms with E-state index in [1.807, 2.05) is 16.6 Å². The van der Waals surface area contributed by atoms with Gasteiger partial charge in [0.2, 0.25) is 4.96 Å². The summed E-state index contributed by atoms with van der Waals surface area (Å²) in [5.74, 6) is 0.954. The van der Waals surface area contributed by atoms with Gasteiger partial charge in [-0.05, 0) is 12.1 Å². The Hall–Kier alpha value is -1.66. The van der Waals surface area contributed by atoms with Crippen LogP contribution in [0.25, 0.3) is 4.96 Å². The van der Waals surface area contributed by atoms with Gasteiger partial charge in [-0.2, -0.15) is 5.10 Å². The Morgan fingerprint density at radius 2 is 2.53 bits per heavy atom. The minimum Gasteiger partial charge on any atom is -0.467 e. The Labute approximate surface area is 101 Å². The Kier molecular flexibility index (Phi) is 1.88. The van der Waals surface area contributed by atoms with Crippen molar-refractivity contribution >= 4 is 16.3 Å². The third kappa shape index (κ3) is 1.28. The van der Waals surface area contributed by atoms with Crippen LogP contribution in [0.15, 0.2) is 29.1 Å². The number of furan rings is 1. The quantitative estimate of drug-likeness (QED) is 0.709. The summed E-state index contributed by atoms with van der Waals surface area (Å²) in [7, 11) is 0. The molecule has 0 fully saturated rings. The van der Waals surface area contributed by atoms with E-state index in [1.54, 1.807) is 23.9 Å². The van der Waals surface area contributed by atoms with Crippen molar-refractivity contribution < 1.29 is 4.42 Å². The molecule has 4 rings (SSSR count). The molecule has 3 aromatic heterocycles. The second-order valence-corrected chi connectivity index (χ2v) is 5.03. The molecule has 1 aliphatic heterocycles. The highest BCUT2D eigenvalue weighted by Crippen LogP contribution is 2.34. The minimum atomic E-state index is 0.141. The van der Waals surface area contributed by atoms with Gasteiger partial charge < -0.3 is 9.73 Å². The fraction of sp³-hybridized carbons (Fsp3) is 0.273. The van der Waals surface area contributed by atoms with Crippen molar-refractivity contribution in [3.63, 3.8) is 0 Å². The molecule has 0 saturated carbocycles. The molecule has 86 valence electrons. The second kappa shape index (κ2) is 3.41. The van der Waals surface area contributed by atoms with Crippen molar-refractivity contribution in [3.8, 4) is 0 Å². The fourth-order valence-electron chi connectivity index (χ4n) is 2.31. The lowest BCUT2D eigenvalue weighted by molar-refractivity contribution is 0.436. The largest absolute Gasteiger partial charge is 0.467 e. The van der Waals surface area contributed by atoms with E-state index in [2.05, 4.69) is 15.4 Å². The molecule has 0 aliphatic carbocycles. The van der Waals surface area contributed by atoms with Crippen molar-refractivity contribution in [2.45, 2.75) is 12.5 Å². The molecule has 1 aliphatic rings. The molecule has 5 nitrogen and oxygen atoms in total. The maximum absolute atomic E-state index is 5.50. The first-order valence-electron chi connectivity index (χ1n) is 5.51. The molecule has 1 atom stereocenters. The third-order valence-corrected chi connectivity index (χ3v) is 4.21. The lowest BCUT2D eigenvalue weighted by Crippen LogP contribution is -2.30. The molecular weight excluding hydrogens is 236 g/mol. The highest BCUT2D eigenvalue weighted by molar-refractivity contribution is 7.17. The zero-order valence-electron chi connectivity index (χ0n) is 8.96. The molecule has 0 saturated heterocycles. The molecule has 0 spiro atoms. The van der Waals surface area contributed by atoms with Crippen LogP contribution in [0.1, 0.15) is 22.4 Å². The monoisotopic (exact) mass is 246 g/mol. The number of hydrogen-bond acceptors (Lipinski definition) is 5. The third-order valence-electron chi connectivity index (χ3n) is 3.06. The Morgan fingerprint density at radius 3 is 3.41 bits per heavy atom. The van der Waals surface area contributed by atoms with Crippen molar-refractivity contribution in [2.75, 3.05) is 6.54 Å². The average molecular weight is 246 g/mol. The van der Waals surface area contributed by atoms with Crippen LogP contribution in [0.2, 0.25) is 0 Å². The first kappa shape index (κ1) is 9.38. The number of aromatic nitrogens is 3. The predicted molar refractivity (Wildman–Crippen MR) is 63.1 cm³/mol. The Morgan fingerprint density at radius 1 is 1.53 bits per heavy atom. The topological polar surface area (TPSA) is 55.4 Å². The van der Waals surface area contributed by atoms with Crippen molar-refractivity contribution in [3.05, 3.63) is 41.1 Å². The Bertz CT molecular complexity index is 654. The average Bonchev–Trinajstić information content (AvgIpc) is 3.05. The van der Waals surface area contributed by atoms with Gasteiger partial charge in [0.15, 0.2) is 0 Å². The van der Waals surface area contributed by atoms with E-state index in [-0.39, 0.29) is 6.04 Å². The molecule has 3 aromatic rings. The van der Waals surface area contributed by atoms with Crippen molar-refractivity contribution in [2.24, 2.45) is 0 Å². The normalized spacial score (nSPS) is 19.6. The lowest BCUT2D eigenvalue weighted by atomic mass is 10.1. The zero-order valence-corrected chi connectivity index (χ0v) is 9.78. The van der Waals surface area contributed by atoms with Crippen LogP contribution >= 0.6 is 11.3 Å². The number of nitrogens with zero attached hydrogens (tertiary/aromatic N) is 3. The SMILES string of the molecule is c1coc(C2NCCc3c2sc2ncnn32)c1. The highest BCUT2D eigenvalue weighted by atomic mass is 32.1. The number of thiazole rings is 1. The van der Waals surface area contributed by atoms with Gasteiger partial charge in [-0.25, -0.2) is 9.50 Å². The number of fused-ring (bicyclic) bond motifs is 3. The first-order valence-corrected chi connectivity index (χ1v) is 6.33. The van der Waals surface area contributed by atoms with E-state index in [0.717, 1.165) is 23.7 Å². The van der Waals surface area contributed by atoms with Crippen LogP contribution in [-0.4, -0.2) is 21.1 Å². The van der Waals surface area contributed by atoms with Gasteiger partial charge in [-0.3, -0.25) is 0 Å². The molecule has 0 aromatic carbocycles. The molecule has 4 heterocycles. The summed E-state index contributed by atoms with van der Waals surface area (Å²) < 4.78 is 7.44. The number of hydrogen-bond donors (Lipinski definition) is 1. The molecular formula is C11H10N4OS. The summed E-state index contributed by atoms with van der Waals surface area (Å²) in [4.78, 5) is 6.47. The van der Waals surface area contributed by atoms with E-state index in [9.17, 15) is 0 Å². The van der Waals surface area contributed by atoms with E-state index < -0.39 is 0 Å². The summed E-state index contributed by atoms with van der Waals surface area (Å²) >= 11 is 1.68. The summed E-state index contributed by atoms with van der Waals surface area (Å²) in [6, 6.07) is 4.06. The maximum atomic E-state index is 5.50. The zero-order chi connectivity index (χ0) is 11.2. The van der Waals surface area contributed by atoms with E-state index in [4.69, 9.17) is 4.42 Å². The molecule has 6 heteroatoms. The van der Waals surface area contributed by atoms with Crippen LogP contribution in [0.4, 0.5) is 0 Å². The number of nitrogens with one attached hydrogen (secondary N) is 1. The smallest absolute Gasteiger partial charge is 0.212 e. The van der Waals surface area contributed by atoms with Gasteiger partial charge in [0, 0.05) is 13.0 Å². The van der Waals surface area contributed by atoms with Crippen LogP contribution in [0.3, 0.4) is 0 Å². The molecule has 0 bridgehead atoms. The Balaban J connectivity index is 1.92. The van der Waals surface area contributed by atoms with Gasteiger partial charge in [0.25, 0.3) is 0 Å². The van der Waals surface area contributed by atoms with Crippen LogP contribution in [0.5, 0.6) is 0 Å². The van der Waals surface area contributed by atoms with Crippen LogP contribution < -0.4 is 5.32 Å². The van der Waals surface area contributed by atoms with Gasteiger partial charge >= 0.3 is 0 Å². The van der Waals surface area contributed by atoms with Crippen LogP contribution in [-0.2, 0) is 6.42 Å². The summed E-state index contributed by atoms with van der Waals surface area (Å²) in [6.45, 7) is 0.935. The van der Waals surface area contributed by atoms with Gasteiger partial charge in [0.1, 0.15) is 18.1 Å². The summed E-state index contributed by atoms with van der Waals surface area (Å²) in [6.07, 6.45) is 4.30. The van der Waals surface area contributed by atoms with Crippen LogP contribution in [0, 0.1) is 0 Å². The van der Waals surface area contributed by atoms with E-state index in [0.29, 0.717) is 0 Å². The standard InChI is InChI=1S/C11H10N4OS/c1-2-8(16-5-1)9-10-7(3-4-12-9)15-11(17-10)13-6-14-15/h1-2,5-6,9,12H,3-4H2. The minimum absolute atomic E-state index is 0.141. The fourth-order valence-corrected chi connectivity index (χ4v) is 3.48. The van der Waals surface area contributed by atoms with E-state index >= 15 is 0 Å². The summed E-state index contributed by atoms with van der Waals surface area (Å²) in [5, 5.41) is 7.74. The van der Waals surface area contributed by atoms with E-state index in [1.165, 1.54) is 10.6 Å².